The number of carbonyl (C=O) groups is 1. The summed E-state index contributed by atoms with van der Waals surface area (Å²) in [7, 11) is 0. The zero-order valence-corrected chi connectivity index (χ0v) is 9.53. The van der Waals surface area contributed by atoms with E-state index in [1.165, 1.54) is 12.1 Å². The summed E-state index contributed by atoms with van der Waals surface area (Å²) < 4.78 is 12.7. The van der Waals surface area contributed by atoms with Crippen molar-refractivity contribution in [2.75, 3.05) is 0 Å². The Hall–Kier alpha value is -1.89. The van der Waals surface area contributed by atoms with E-state index in [9.17, 15) is 9.18 Å². The molecule has 17 heavy (non-hydrogen) atoms. The van der Waals surface area contributed by atoms with Crippen molar-refractivity contribution < 1.29 is 9.18 Å². The van der Waals surface area contributed by atoms with E-state index in [1.54, 1.807) is 12.1 Å². The SMILES string of the molecule is C[C@H](NC(=O)C1(C#N)CC1)c1ccc(F)cc1. The molecule has 1 saturated carbocycles. The summed E-state index contributed by atoms with van der Waals surface area (Å²) in [6.45, 7) is 1.82. The second kappa shape index (κ2) is 4.17. The van der Waals surface area contributed by atoms with Crippen molar-refractivity contribution in [2.45, 2.75) is 25.8 Å². The van der Waals surface area contributed by atoms with Gasteiger partial charge in [-0.25, -0.2) is 4.39 Å². The molecule has 0 bridgehead atoms. The minimum atomic E-state index is -0.811. The van der Waals surface area contributed by atoms with E-state index in [1.807, 2.05) is 13.0 Å². The Morgan fingerprint density at radius 1 is 1.47 bits per heavy atom. The number of amides is 1. The third-order valence-electron chi connectivity index (χ3n) is 3.12. The van der Waals surface area contributed by atoms with Gasteiger partial charge in [-0.15, -0.1) is 0 Å². The first-order valence-corrected chi connectivity index (χ1v) is 5.55. The van der Waals surface area contributed by atoms with Crippen LogP contribution in [0.5, 0.6) is 0 Å². The van der Waals surface area contributed by atoms with E-state index in [-0.39, 0.29) is 17.8 Å². The van der Waals surface area contributed by atoms with Gasteiger partial charge in [0, 0.05) is 0 Å². The third-order valence-corrected chi connectivity index (χ3v) is 3.12. The summed E-state index contributed by atoms with van der Waals surface area (Å²) in [6, 6.07) is 7.81. The van der Waals surface area contributed by atoms with Crippen LogP contribution >= 0.6 is 0 Å². The molecule has 0 spiro atoms. The molecule has 1 N–H and O–H groups in total. The second-order valence-corrected chi connectivity index (χ2v) is 4.44. The highest BCUT2D eigenvalue weighted by Gasteiger charge is 2.50. The monoisotopic (exact) mass is 232 g/mol. The van der Waals surface area contributed by atoms with Crippen LogP contribution in [0.15, 0.2) is 24.3 Å². The molecule has 0 aromatic heterocycles. The highest BCUT2D eigenvalue weighted by molar-refractivity contribution is 5.88. The molecule has 1 fully saturated rings. The fourth-order valence-corrected chi connectivity index (χ4v) is 1.68. The van der Waals surface area contributed by atoms with Gasteiger partial charge in [0.2, 0.25) is 5.91 Å². The summed E-state index contributed by atoms with van der Waals surface area (Å²) in [5.74, 6) is -0.528. The maximum Gasteiger partial charge on any atom is 0.240 e. The zero-order chi connectivity index (χ0) is 12.5. The number of rotatable bonds is 3. The minimum Gasteiger partial charge on any atom is -0.348 e. The number of halogens is 1. The van der Waals surface area contributed by atoms with Gasteiger partial charge in [-0.1, -0.05) is 12.1 Å². The highest BCUT2D eigenvalue weighted by Crippen LogP contribution is 2.45. The number of nitrogens with zero attached hydrogens (tertiary/aromatic N) is 1. The van der Waals surface area contributed by atoms with Crippen LogP contribution < -0.4 is 5.32 Å². The number of nitrogens with one attached hydrogen (secondary N) is 1. The van der Waals surface area contributed by atoms with Crippen molar-refractivity contribution in [2.24, 2.45) is 5.41 Å². The average molecular weight is 232 g/mol. The maximum atomic E-state index is 12.7. The van der Waals surface area contributed by atoms with E-state index in [0.29, 0.717) is 12.8 Å². The van der Waals surface area contributed by atoms with Crippen molar-refractivity contribution in [3.63, 3.8) is 0 Å². The molecule has 3 nitrogen and oxygen atoms in total. The molecular formula is C13H13FN2O. The van der Waals surface area contributed by atoms with Gasteiger partial charge in [-0.3, -0.25) is 4.79 Å². The summed E-state index contributed by atoms with van der Waals surface area (Å²) in [5.41, 5.74) is 0.0161. The predicted molar refractivity (Wildman–Crippen MR) is 60.2 cm³/mol. The quantitative estimate of drug-likeness (QED) is 0.869. The number of hydrogen-bond acceptors (Lipinski definition) is 2. The molecule has 0 saturated heterocycles. The zero-order valence-electron chi connectivity index (χ0n) is 9.53. The fraction of sp³-hybridized carbons (Fsp3) is 0.385. The number of benzene rings is 1. The van der Waals surface area contributed by atoms with Crippen LogP contribution in [-0.4, -0.2) is 5.91 Å². The van der Waals surface area contributed by atoms with Crippen LogP contribution in [0.4, 0.5) is 4.39 Å². The Morgan fingerprint density at radius 2 is 2.06 bits per heavy atom. The lowest BCUT2D eigenvalue weighted by Crippen LogP contribution is -2.33. The van der Waals surface area contributed by atoms with Gasteiger partial charge < -0.3 is 5.32 Å². The smallest absolute Gasteiger partial charge is 0.240 e. The fourth-order valence-electron chi connectivity index (χ4n) is 1.68. The largest absolute Gasteiger partial charge is 0.348 e. The molecule has 2 rings (SSSR count). The van der Waals surface area contributed by atoms with Gasteiger partial charge in [0.15, 0.2) is 0 Å². The Balaban J connectivity index is 2.02. The molecule has 1 amide bonds. The molecule has 1 aromatic rings. The summed E-state index contributed by atoms with van der Waals surface area (Å²) in [6.07, 6.45) is 1.26. The van der Waals surface area contributed by atoms with Crippen molar-refractivity contribution in [3.8, 4) is 6.07 Å². The molecular weight excluding hydrogens is 219 g/mol. The van der Waals surface area contributed by atoms with E-state index in [4.69, 9.17) is 5.26 Å². The van der Waals surface area contributed by atoms with Gasteiger partial charge >= 0.3 is 0 Å². The van der Waals surface area contributed by atoms with Crippen LogP contribution in [0.3, 0.4) is 0 Å². The van der Waals surface area contributed by atoms with E-state index in [0.717, 1.165) is 5.56 Å². The lowest BCUT2D eigenvalue weighted by molar-refractivity contribution is -0.125. The van der Waals surface area contributed by atoms with Crippen LogP contribution in [0.25, 0.3) is 0 Å². The van der Waals surface area contributed by atoms with Crippen LogP contribution in [0.2, 0.25) is 0 Å². The topological polar surface area (TPSA) is 52.9 Å². The molecule has 4 heteroatoms. The van der Waals surface area contributed by atoms with Crippen molar-refractivity contribution >= 4 is 5.91 Å². The summed E-state index contributed by atoms with van der Waals surface area (Å²) >= 11 is 0. The van der Waals surface area contributed by atoms with Gasteiger partial charge in [-0.05, 0) is 37.5 Å². The molecule has 0 unspecified atom stereocenters. The molecule has 0 aliphatic heterocycles. The molecule has 0 heterocycles. The Morgan fingerprint density at radius 3 is 2.53 bits per heavy atom. The first-order chi connectivity index (χ1) is 8.07. The first kappa shape index (κ1) is 11.6. The molecule has 1 aliphatic carbocycles. The summed E-state index contributed by atoms with van der Waals surface area (Å²) in [4.78, 5) is 11.8. The van der Waals surface area contributed by atoms with Crippen LogP contribution in [0.1, 0.15) is 31.4 Å². The van der Waals surface area contributed by atoms with Crippen LogP contribution in [0, 0.1) is 22.6 Å². The van der Waals surface area contributed by atoms with Gasteiger partial charge in [0.05, 0.1) is 12.1 Å². The first-order valence-electron chi connectivity index (χ1n) is 5.55. The second-order valence-electron chi connectivity index (χ2n) is 4.44. The normalized spacial score (nSPS) is 17.9. The van der Waals surface area contributed by atoms with Crippen molar-refractivity contribution in [1.82, 2.24) is 5.32 Å². The predicted octanol–water partition coefficient (Wildman–Crippen LogP) is 2.31. The molecule has 0 radical (unpaired) electrons. The van der Waals surface area contributed by atoms with Crippen molar-refractivity contribution in [3.05, 3.63) is 35.6 Å². The van der Waals surface area contributed by atoms with Gasteiger partial charge in [-0.2, -0.15) is 5.26 Å². The highest BCUT2D eigenvalue weighted by atomic mass is 19.1. The third kappa shape index (κ3) is 2.28. The van der Waals surface area contributed by atoms with E-state index in [2.05, 4.69) is 5.32 Å². The Labute approximate surface area is 99.2 Å². The van der Waals surface area contributed by atoms with E-state index < -0.39 is 5.41 Å². The van der Waals surface area contributed by atoms with Gasteiger partial charge in [0.25, 0.3) is 0 Å². The standard InChI is InChI=1S/C13H13FN2O/c1-9(10-2-4-11(14)5-3-10)16-12(17)13(8-15)6-7-13/h2-5,9H,6-7H2,1H3,(H,16,17)/t9-/m0/s1. The number of carbonyl (C=O) groups excluding carboxylic acids is 1. The lowest BCUT2D eigenvalue weighted by Gasteiger charge is -2.16. The molecule has 1 aromatic carbocycles. The Kier molecular flexibility index (Phi) is 2.84. The average Bonchev–Trinajstić information content (AvgIpc) is 3.10. The lowest BCUT2D eigenvalue weighted by atomic mass is 10.1. The van der Waals surface area contributed by atoms with Gasteiger partial charge in [0.1, 0.15) is 11.2 Å². The molecule has 1 aliphatic rings. The minimum absolute atomic E-state index is 0.214. The summed E-state index contributed by atoms with van der Waals surface area (Å²) in [5, 5.41) is 11.7. The molecule has 1 atom stereocenters. The van der Waals surface area contributed by atoms with Crippen LogP contribution in [-0.2, 0) is 4.79 Å². The van der Waals surface area contributed by atoms with E-state index >= 15 is 0 Å². The van der Waals surface area contributed by atoms with Crippen molar-refractivity contribution in [1.29, 1.82) is 5.26 Å². The molecule has 88 valence electrons. The maximum absolute atomic E-state index is 12.7. The number of hydrogen-bond donors (Lipinski definition) is 1. The Bertz CT molecular complexity index is 471. The number of nitriles is 1.